The lowest BCUT2D eigenvalue weighted by Gasteiger charge is -2.34. The van der Waals surface area contributed by atoms with Crippen LogP contribution in [0.15, 0.2) is 54.6 Å². The van der Waals surface area contributed by atoms with Gasteiger partial charge in [0.25, 0.3) is 11.8 Å². The predicted octanol–water partition coefficient (Wildman–Crippen LogP) is 4.07. The summed E-state index contributed by atoms with van der Waals surface area (Å²) in [6.07, 6.45) is -0.700. The molecular weight excluding hydrogens is 508 g/mol. The van der Waals surface area contributed by atoms with Crippen molar-refractivity contribution in [3.8, 4) is 0 Å². The molecule has 2 unspecified atom stereocenters. The Kier molecular flexibility index (Phi) is 8.06. The Morgan fingerprint density at radius 2 is 1.51 bits per heavy atom. The van der Waals surface area contributed by atoms with Crippen molar-refractivity contribution < 1.29 is 33.1 Å². The van der Waals surface area contributed by atoms with Crippen LogP contribution in [0.4, 0.5) is 8.78 Å². The summed E-state index contributed by atoms with van der Waals surface area (Å²) in [7, 11) is 0. The molecule has 4 rings (SSSR count). The maximum Gasteiger partial charge on any atom is 0.307 e. The van der Waals surface area contributed by atoms with E-state index in [1.807, 2.05) is 24.3 Å². The number of hydrogen-bond acceptors (Lipinski definition) is 5. The third-order valence-electron chi connectivity index (χ3n) is 7.23. The molecule has 1 heterocycles. The average molecular weight is 538 g/mol. The zero-order valence-electron chi connectivity index (χ0n) is 21.5. The van der Waals surface area contributed by atoms with Crippen LogP contribution in [-0.4, -0.2) is 39.9 Å². The standard InChI is InChI=1S/C29H29F2N3O5/c1-3-6-21(26(35)33-14-16-9-19(30)13-20(31)10-16)24(29(38)39)15(2)25(32)34-27(36)22-11-17-7-4-5-8-18(17)12-23(22)28(34)37/h4-5,7-13,15,21,24-25H,3,6,14,32H2,1-2H3,(H,33,35)(H,38,39)/t15?,21-,24+,25?/m0/s1. The maximum atomic E-state index is 13.5. The van der Waals surface area contributed by atoms with E-state index in [1.165, 1.54) is 6.92 Å². The summed E-state index contributed by atoms with van der Waals surface area (Å²) in [5.41, 5.74) is 6.92. The number of imide groups is 1. The van der Waals surface area contributed by atoms with Crippen LogP contribution in [0.3, 0.4) is 0 Å². The number of nitrogens with two attached hydrogens (primary N) is 1. The third kappa shape index (κ3) is 5.51. The van der Waals surface area contributed by atoms with Gasteiger partial charge < -0.3 is 16.2 Å². The van der Waals surface area contributed by atoms with E-state index >= 15 is 0 Å². The second kappa shape index (κ2) is 11.3. The van der Waals surface area contributed by atoms with Gasteiger partial charge in [0.15, 0.2) is 0 Å². The lowest BCUT2D eigenvalue weighted by molar-refractivity contribution is -0.151. The van der Waals surface area contributed by atoms with Crippen molar-refractivity contribution in [1.82, 2.24) is 10.2 Å². The van der Waals surface area contributed by atoms with Crippen molar-refractivity contribution >= 4 is 34.5 Å². The fourth-order valence-corrected chi connectivity index (χ4v) is 5.25. The average Bonchev–Trinajstić information content (AvgIpc) is 3.13. The molecule has 10 heteroatoms. The molecule has 0 saturated heterocycles. The molecule has 4 atom stereocenters. The molecule has 0 fully saturated rings. The lowest BCUT2D eigenvalue weighted by atomic mass is 9.77. The van der Waals surface area contributed by atoms with E-state index in [4.69, 9.17) is 5.73 Å². The number of rotatable bonds is 10. The minimum absolute atomic E-state index is 0.172. The van der Waals surface area contributed by atoms with E-state index in [0.29, 0.717) is 12.5 Å². The van der Waals surface area contributed by atoms with E-state index in [-0.39, 0.29) is 29.7 Å². The highest BCUT2D eigenvalue weighted by atomic mass is 19.1. The van der Waals surface area contributed by atoms with Gasteiger partial charge in [-0.3, -0.25) is 24.1 Å². The molecule has 0 radical (unpaired) electrons. The molecule has 0 bridgehead atoms. The number of nitrogens with one attached hydrogen (secondary N) is 1. The zero-order chi connectivity index (χ0) is 28.4. The summed E-state index contributed by atoms with van der Waals surface area (Å²) in [6.45, 7) is 3.05. The van der Waals surface area contributed by atoms with Gasteiger partial charge in [0.1, 0.15) is 11.6 Å². The Morgan fingerprint density at radius 1 is 0.974 bits per heavy atom. The van der Waals surface area contributed by atoms with Crippen LogP contribution in [0, 0.1) is 29.4 Å². The minimum atomic E-state index is -1.35. The first kappa shape index (κ1) is 27.8. The van der Waals surface area contributed by atoms with E-state index in [2.05, 4.69) is 5.32 Å². The number of halogens is 2. The molecule has 4 N–H and O–H groups in total. The Balaban J connectivity index is 1.57. The van der Waals surface area contributed by atoms with Crippen molar-refractivity contribution in [2.45, 2.75) is 39.4 Å². The van der Waals surface area contributed by atoms with Crippen LogP contribution in [0.5, 0.6) is 0 Å². The number of carbonyl (C=O) groups is 4. The molecule has 39 heavy (non-hydrogen) atoms. The molecule has 8 nitrogen and oxygen atoms in total. The molecule has 3 amide bonds. The fraction of sp³-hybridized carbons (Fsp3) is 0.310. The van der Waals surface area contributed by atoms with E-state index in [0.717, 1.165) is 27.8 Å². The van der Waals surface area contributed by atoms with Crippen molar-refractivity contribution in [2.75, 3.05) is 0 Å². The van der Waals surface area contributed by atoms with Gasteiger partial charge >= 0.3 is 5.97 Å². The molecule has 3 aromatic rings. The summed E-state index contributed by atoms with van der Waals surface area (Å²) in [6, 6.07) is 13.3. The van der Waals surface area contributed by atoms with Crippen molar-refractivity contribution in [2.24, 2.45) is 23.5 Å². The third-order valence-corrected chi connectivity index (χ3v) is 7.23. The summed E-state index contributed by atoms with van der Waals surface area (Å²) in [5.74, 6) is -8.26. The summed E-state index contributed by atoms with van der Waals surface area (Å²) in [5, 5.41) is 14.2. The largest absolute Gasteiger partial charge is 0.481 e. The number of carboxylic acid groups (broad SMARTS) is 1. The second-order valence-electron chi connectivity index (χ2n) is 9.83. The van der Waals surface area contributed by atoms with Gasteiger partial charge in [-0.1, -0.05) is 44.5 Å². The number of benzene rings is 3. The van der Waals surface area contributed by atoms with Gasteiger partial charge in [-0.25, -0.2) is 8.78 Å². The number of aliphatic carboxylic acids is 1. The molecule has 1 aliphatic rings. The highest BCUT2D eigenvalue weighted by Gasteiger charge is 2.46. The van der Waals surface area contributed by atoms with Crippen molar-refractivity contribution in [3.63, 3.8) is 0 Å². The van der Waals surface area contributed by atoms with Crippen LogP contribution in [0.1, 0.15) is 53.0 Å². The van der Waals surface area contributed by atoms with Gasteiger partial charge in [-0.05, 0) is 47.0 Å². The summed E-state index contributed by atoms with van der Waals surface area (Å²) < 4.78 is 27.1. The molecule has 0 aliphatic carbocycles. The first-order chi connectivity index (χ1) is 18.5. The minimum Gasteiger partial charge on any atom is -0.481 e. The smallest absolute Gasteiger partial charge is 0.307 e. The van der Waals surface area contributed by atoms with Crippen LogP contribution >= 0.6 is 0 Å². The van der Waals surface area contributed by atoms with Crippen molar-refractivity contribution in [3.05, 3.63) is 82.9 Å². The van der Waals surface area contributed by atoms with Gasteiger partial charge in [-0.15, -0.1) is 0 Å². The van der Waals surface area contributed by atoms with Crippen LogP contribution in [0.2, 0.25) is 0 Å². The number of nitrogens with zero attached hydrogens (tertiary/aromatic N) is 1. The topological polar surface area (TPSA) is 130 Å². The van der Waals surface area contributed by atoms with Crippen molar-refractivity contribution in [1.29, 1.82) is 0 Å². The van der Waals surface area contributed by atoms with Gasteiger partial charge in [0, 0.05) is 18.5 Å². The Hall–Kier alpha value is -4.18. The fourth-order valence-electron chi connectivity index (χ4n) is 5.25. The SMILES string of the molecule is CCC[C@H](C(=O)NCc1cc(F)cc(F)c1)[C@H](C(=O)O)C(C)C(N)N1C(=O)c2cc3ccccc3cc2C1=O. The van der Waals surface area contributed by atoms with E-state index < -0.39 is 59.2 Å². The number of amides is 3. The second-order valence-corrected chi connectivity index (χ2v) is 9.83. The molecule has 0 spiro atoms. The normalized spacial score (nSPS) is 16.1. The first-order valence-electron chi connectivity index (χ1n) is 12.6. The molecule has 3 aromatic carbocycles. The van der Waals surface area contributed by atoms with Gasteiger partial charge in [-0.2, -0.15) is 0 Å². The Bertz CT molecular complexity index is 1390. The van der Waals surface area contributed by atoms with Gasteiger partial charge in [0.05, 0.1) is 29.1 Å². The Morgan fingerprint density at radius 3 is 2.00 bits per heavy atom. The summed E-state index contributed by atoms with van der Waals surface area (Å²) >= 11 is 0. The lowest BCUT2D eigenvalue weighted by Crippen LogP contribution is -2.54. The van der Waals surface area contributed by atoms with E-state index in [1.54, 1.807) is 19.1 Å². The molecule has 204 valence electrons. The van der Waals surface area contributed by atoms with Crippen LogP contribution < -0.4 is 11.1 Å². The Labute approximate surface area is 223 Å². The van der Waals surface area contributed by atoms with Gasteiger partial charge in [0.2, 0.25) is 5.91 Å². The quantitative estimate of drug-likeness (QED) is 0.335. The van der Waals surface area contributed by atoms with Crippen LogP contribution in [0.25, 0.3) is 10.8 Å². The molecule has 0 aromatic heterocycles. The predicted molar refractivity (Wildman–Crippen MR) is 139 cm³/mol. The first-order valence-corrected chi connectivity index (χ1v) is 12.6. The number of hydrogen-bond donors (Lipinski definition) is 3. The number of carbonyl (C=O) groups excluding carboxylic acids is 3. The summed E-state index contributed by atoms with van der Waals surface area (Å²) in [4.78, 5) is 53.0. The maximum absolute atomic E-state index is 13.5. The number of carboxylic acids is 1. The molecular formula is C29H29F2N3O5. The highest BCUT2D eigenvalue weighted by molar-refractivity contribution is 6.23. The van der Waals surface area contributed by atoms with E-state index in [9.17, 15) is 33.1 Å². The molecule has 0 saturated carbocycles. The molecule has 1 aliphatic heterocycles. The van der Waals surface area contributed by atoms with Crippen LogP contribution in [-0.2, 0) is 16.1 Å². The monoisotopic (exact) mass is 537 g/mol. The number of fused-ring (bicyclic) bond motifs is 2. The highest BCUT2D eigenvalue weighted by Crippen LogP contribution is 2.34. The zero-order valence-corrected chi connectivity index (χ0v) is 21.5.